The third kappa shape index (κ3) is 3.88. The number of nitrogens with zero attached hydrogens (tertiary/aromatic N) is 2. The van der Waals surface area contributed by atoms with Gasteiger partial charge in [0.05, 0.1) is 5.69 Å². The SMILES string of the molecule is C=C(C)Cc1csc2c(C)c(OCc3cc(C(F)(F)F)nn3C)cc(C)c12. The minimum absolute atomic E-state index is 0.0232. The van der Waals surface area contributed by atoms with Crippen molar-refractivity contribution in [3.05, 3.63) is 57.7 Å². The van der Waals surface area contributed by atoms with E-state index in [1.165, 1.54) is 22.7 Å². The first-order valence-electron chi connectivity index (χ1n) is 8.45. The number of fused-ring (bicyclic) bond motifs is 1. The maximum Gasteiger partial charge on any atom is 0.435 e. The highest BCUT2D eigenvalue weighted by Crippen LogP contribution is 2.38. The van der Waals surface area contributed by atoms with Gasteiger partial charge in [0, 0.05) is 17.3 Å². The molecule has 0 radical (unpaired) electrons. The molecule has 27 heavy (non-hydrogen) atoms. The number of rotatable bonds is 5. The first-order chi connectivity index (χ1) is 12.6. The van der Waals surface area contributed by atoms with Crippen LogP contribution in [0.1, 0.15) is 35.0 Å². The quantitative estimate of drug-likeness (QED) is 0.499. The number of aromatic nitrogens is 2. The second kappa shape index (κ2) is 7.03. The Morgan fingerprint density at radius 2 is 2.00 bits per heavy atom. The van der Waals surface area contributed by atoms with Crippen LogP contribution in [-0.4, -0.2) is 9.78 Å². The molecule has 0 amide bonds. The van der Waals surface area contributed by atoms with Gasteiger partial charge in [-0.2, -0.15) is 18.3 Å². The van der Waals surface area contributed by atoms with Crippen LogP contribution in [-0.2, 0) is 26.3 Å². The number of hydrogen-bond donors (Lipinski definition) is 0. The summed E-state index contributed by atoms with van der Waals surface area (Å²) in [5.74, 6) is 0.679. The molecule has 0 atom stereocenters. The Morgan fingerprint density at radius 1 is 1.30 bits per heavy atom. The fourth-order valence-electron chi connectivity index (χ4n) is 3.13. The highest BCUT2D eigenvalue weighted by molar-refractivity contribution is 7.17. The summed E-state index contributed by atoms with van der Waals surface area (Å²) in [6, 6.07) is 2.98. The van der Waals surface area contributed by atoms with Crippen LogP contribution in [0, 0.1) is 13.8 Å². The molecule has 0 aliphatic rings. The molecule has 0 aliphatic heterocycles. The van der Waals surface area contributed by atoms with Crippen LogP contribution in [0.25, 0.3) is 10.1 Å². The molecule has 0 aliphatic carbocycles. The molecule has 3 rings (SSSR count). The van der Waals surface area contributed by atoms with Crippen molar-refractivity contribution in [2.24, 2.45) is 7.05 Å². The number of hydrogen-bond acceptors (Lipinski definition) is 3. The molecule has 0 unspecified atom stereocenters. The number of thiophene rings is 1. The highest BCUT2D eigenvalue weighted by Gasteiger charge is 2.34. The Labute approximate surface area is 160 Å². The Hall–Kier alpha value is -2.28. The summed E-state index contributed by atoms with van der Waals surface area (Å²) in [5, 5.41) is 6.87. The Morgan fingerprint density at radius 3 is 2.59 bits per heavy atom. The average molecular weight is 394 g/mol. The van der Waals surface area contributed by atoms with Gasteiger partial charge in [-0.05, 0) is 61.2 Å². The predicted molar refractivity (Wildman–Crippen MR) is 102 cm³/mol. The predicted octanol–water partition coefficient (Wildman–Crippen LogP) is 5.97. The average Bonchev–Trinajstić information content (AvgIpc) is 3.13. The van der Waals surface area contributed by atoms with Gasteiger partial charge in [-0.3, -0.25) is 4.68 Å². The zero-order chi connectivity index (χ0) is 19.9. The normalized spacial score (nSPS) is 12.0. The summed E-state index contributed by atoms with van der Waals surface area (Å²) in [7, 11) is 1.48. The van der Waals surface area contributed by atoms with Gasteiger partial charge in [0.2, 0.25) is 0 Å². The Kier molecular flexibility index (Phi) is 5.08. The second-order valence-electron chi connectivity index (χ2n) is 6.85. The molecule has 2 aromatic heterocycles. The summed E-state index contributed by atoms with van der Waals surface area (Å²) < 4.78 is 46.6. The van der Waals surface area contributed by atoms with E-state index in [4.69, 9.17) is 4.74 Å². The smallest absolute Gasteiger partial charge is 0.435 e. The molecule has 7 heteroatoms. The van der Waals surface area contributed by atoms with E-state index < -0.39 is 11.9 Å². The topological polar surface area (TPSA) is 27.1 Å². The number of aryl methyl sites for hydroxylation is 3. The van der Waals surface area contributed by atoms with Crippen molar-refractivity contribution in [3.8, 4) is 5.75 Å². The molecule has 3 aromatic rings. The van der Waals surface area contributed by atoms with Crippen LogP contribution in [0.15, 0.2) is 29.7 Å². The van der Waals surface area contributed by atoms with Gasteiger partial charge in [-0.1, -0.05) is 12.2 Å². The molecule has 144 valence electrons. The molecule has 0 fully saturated rings. The number of alkyl halides is 3. The van der Waals surface area contributed by atoms with Gasteiger partial charge in [0.25, 0.3) is 0 Å². The van der Waals surface area contributed by atoms with Crippen molar-refractivity contribution in [2.45, 2.75) is 40.0 Å². The van der Waals surface area contributed by atoms with Gasteiger partial charge >= 0.3 is 6.18 Å². The van der Waals surface area contributed by atoms with E-state index in [-0.39, 0.29) is 6.61 Å². The van der Waals surface area contributed by atoms with E-state index in [9.17, 15) is 13.2 Å². The van der Waals surface area contributed by atoms with Gasteiger partial charge in [0.1, 0.15) is 12.4 Å². The summed E-state index contributed by atoms with van der Waals surface area (Å²) in [4.78, 5) is 0. The number of ether oxygens (including phenoxy) is 1. The van der Waals surface area contributed by atoms with Crippen LogP contribution >= 0.6 is 11.3 Å². The molecule has 0 bridgehead atoms. The van der Waals surface area contributed by atoms with Gasteiger partial charge in [0.15, 0.2) is 5.69 Å². The molecule has 3 nitrogen and oxygen atoms in total. The van der Waals surface area contributed by atoms with Crippen LogP contribution in [0.2, 0.25) is 0 Å². The Bertz CT molecular complexity index is 1010. The van der Waals surface area contributed by atoms with Crippen LogP contribution < -0.4 is 4.74 Å². The van der Waals surface area contributed by atoms with E-state index in [0.29, 0.717) is 11.4 Å². The highest BCUT2D eigenvalue weighted by atomic mass is 32.1. The zero-order valence-corrected chi connectivity index (χ0v) is 16.5. The first-order valence-corrected chi connectivity index (χ1v) is 9.33. The lowest BCUT2D eigenvalue weighted by molar-refractivity contribution is -0.141. The minimum Gasteiger partial charge on any atom is -0.487 e. The fraction of sp³-hybridized carbons (Fsp3) is 0.350. The number of benzene rings is 1. The minimum atomic E-state index is -4.46. The van der Waals surface area contributed by atoms with Crippen LogP contribution in [0.5, 0.6) is 5.75 Å². The molecule has 1 aromatic carbocycles. The summed E-state index contributed by atoms with van der Waals surface area (Å²) in [5.41, 5.74) is 3.89. The maximum atomic E-state index is 12.8. The van der Waals surface area contributed by atoms with Crippen molar-refractivity contribution >= 4 is 21.4 Å². The molecule has 0 spiro atoms. The lowest BCUT2D eigenvalue weighted by Gasteiger charge is -2.12. The van der Waals surface area contributed by atoms with Crippen molar-refractivity contribution in [1.82, 2.24) is 9.78 Å². The van der Waals surface area contributed by atoms with Gasteiger partial charge in [-0.15, -0.1) is 11.3 Å². The molecule has 0 saturated carbocycles. The van der Waals surface area contributed by atoms with Gasteiger partial charge < -0.3 is 4.74 Å². The molecular weight excluding hydrogens is 373 g/mol. The first kappa shape index (κ1) is 19.5. The molecular formula is C20H21F3N2OS. The fourth-order valence-corrected chi connectivity index (χ4v) is 4.28. The zero-order valence-electron chi connectivity index (χ0n) is 15.7. The van der Waals surface area contributed by atoms with Crippen LogP contribution in [0.4, 0.5) is 13.2 Å². The van der Waals surface area contributed by atoms with E-state index in [2.05, 4.69) is 17.1 Å². The lowest BCUT2D eigenvalue weighted by atomic mass is 10.0. The van der Waals surface area contributed by atoms with Crippen molar-refractivity contribution < 1.29 is 17.9 Å². The van der Waals surface area contributed by atoms with E-state index in [0.717, 1.165) is 33.9 Å². The number of allylic oxidation sites excluding steroid dienone is 1. The van der Waals surface area contributed by atoms with Crippen molar-refractivity contribution in [1.29, 1.82) is 0 Å². The number of halogens is 3. The van der Waals surface area contributed by atoms with Crippen molar-refractivity contribution in [3.63, 3.8) is 0 Å². The maximum absolute atomic E-state index is 12.8. The monoisotopic (exact) mass is 394 g/mol. The van der Waals surface area contributed by atoms with Crippen molar-refractivity contribution in [2.75, 3.05) is 0 Å². The third-order valence-electron chi connectivity index (χ3n) is 4.45. The van der Waals surface area contributed by atoms with E-state index in [1.54, 1.807) is 11.3 Å². The summed E-state index contributed by atoms with van der Waals surface area (Å²) >= 11 is 1.66. The summed E-state index contributed by atoms with van der Waals surface area (Å²) in [6.07, 6.45) is -3.63. The van der Waals surface area contributed by atoms with E-state index in [1.807, 2.05) is 26.8 Å². The summed E-state index contributed by atoms with van der Waals surface area (Å²) in [6.45, 7) is 10.0. The molecule has 0 N–H and O–H groups in total. The molecule has 0 saturated heterocycles. The Balaban J connectivity index is 1.89. The largest absolute Gasteiger partial charge is 0.487 e. The standard InChI is InChI=1S/C20H21F3N2OS/c1-11(2)6-14-10-27-19-13(4)16(7-12(3)18(14)19)26-9-15-8-17(20(21,22)23)24-25(15)5/h7-8,10H,1,6,9H2,2-5H3. The third-order valence-corrected chi connectivity index (χ3v) is 5.60. The molecule has 2 heterocycles. The van der Waals surface area contributed by atoms with Crippen LogP contribution in [0.3, 0.4) is 0 Å². The lowest BCUT2D eigenvalue weighted by Crippen LogP contribution is -2.06. The van der Waals surface area contributed by atoms with Gasteiger partial charge in [-0.25, -0.2) is 0 Å². The van der Waals surface area contributed by atoms with E-state index >= 15 is 0 Å². The second-order valence-corrected chi connectivity index (χ2v) is 7.73.